The van der Waals surface area contributed by atoms with Gasteiger partial charge in [-0.25, -0.2) is 0 Å². The molecule has 0 aromatic carbocycles. The Bertz CT molecular complexity index is 1470. The third-order valence-electron chi connectivity index (χ3n) is 16.5. The van der Waals surface area contributed by atoms with E-state index in [1.807, 2.05) is 0 Å². The zero-order valence-electron chi connectivity index (χ0n) is 55.7. The van der Waals surface area contributed by atoms with E-state index in [0.717, 1.165) is 109 Å². The van der Waals surface area contributed by atoms with Gasteiger partial charge in [-0.15, -0.1) is 0 Å². The van der Waals surface area contributed by atoms with Crippen molar-refractivity contribution in [3.63, 3.8) is 0 Å². The number of esters is 3. The predicted molar refractivity (Wildman–Crippen MR) is 362 cm³/mol. The highest BCUT2D eigenvalue weighted by atomic mass is 16.6. The van der Waals surface area contributed by atoms with Crippen molar-refractivity contribution in [3.05, 3.63) is 60.8 Å². The third-order valence-corrected chi connectivity index (χ3v) is 16.5. The molecule has 0 aliphatic heterocycles. The van der Waals surface area contributed by atoms with Gasteiger partial charge < -0.3 is 14.2 Å². The first-order valence-electron chi connectivity index (χ1n) is 36.8. The topological polar surface area (TPSA) is 78.9 Å². The smallest absolute Gasteiger partial charge is 0.306 e. The molecule has 0 saturated heterocycles. The van der Waals surface area contributed by atoms with E-state index in [-0.39, 0.29) is 31.1 Å². The molecular formula is C77H140O6. The lowest BCUT2D eigenvalue weighted by atomic mass is 10.0. The molecule has 0 rings (SSSR count). The van der Waals surface area contributed by atoms with Crippen molar-refractivity contribution in [2.75, 3.05) is 13.2 Å². The van der Waals surface area contributed by atoms with Crippen LogP contribution in [-0.4, -0.2) is 37.2 Å². The monoisotopic (exact) mass is 1160 g/mol. The summed E-state index contributed by atoms with van der Waals surface area (Å²) in [4.78, 5) is 38.4. The van der Waals surface area contributed by atoms with E-state index in [0.29, 0.717) is 19.3 Å². The lowest BCUT2D eigenvalue weighted by molar-refractivity contribution is -0.167. The molecule has 0 N–H and O–H groups in total. The summed E-state index contributed by atoms with van der Waals surface area (Å²) in [7, 11) is 0. The molecule has 0 heterocycles. The summed E-state index contributed by atoms with van der Waals surface area (Å²) in [5.41, 5.74) is 0. The average molecular weight is 1160 g/mol. The van der Waals surface area contributed by atoms with Crippen LogP contribution >= 0.6 is 0 Å². The van der Waals surface area contributed by atoms with E-state index in [1.165, 1.54) is 244 Å². The Morgan fingerprint density at radius 3 is 0.735 bits per heavy atom. The van der Waals surface area contributed by atoms with Crippen LogP contribution in [0, 0.1) is 0 Å². The maximum absolute atomic E-state index is 12.9. The highest BCUT2D eigenvalue weighted by molar-refractivity contribution is 5.71. The predicted octanol–water partition coefficient (Wildman–Crippen LogP) is 25.5. The van der Waals surface area contributed by atoms with Crippen LogP contribution in [0.25, 0.3) is 0 Å². The van der Waals surface area contributed by atoms with Gasteiger partial charge in [0.15, 0.2) is 6.10 Å². The van der Waals surface area contributed by atoms with Crippen LogP contribution < -0.4 is 0 Å². The van der Waals surface area contributed by atoms with Crippen molar-refractivity contribution < 1.29 is 28.6 Å². The Morgan fingerprint density at radius 2 is 0.470 bits per heavy atom. The number of carbonyl (C=O) groups is 3. The molecule has 0 aromatic rings. The Hall–Kier alpha value is -2.89. The lowest BCUT2D eigenvalue weighted by Crippen LogP contribution is -2.30. The number of hydrogen-bond acceptors (Lipinski definition) is 6. The van der Waals surface area contributed by atoms with Gasteiger partial charge in [0.2, 0.25) is 0 Å². The highest BCUT2D eigenvalue weighted by Crippen LogP contribution is 2.19. The van der Waals surface area contributed by atoms with Gasteiger partial charge in [0.25, 0.3) is 0 Å². The Kier molecular flexibility index (Phi) is 69.1. The second-order valence-electron chi connectivity index (χ2n) is 24.8. The Morgan fingerprint density at radius 1 is 0.253 bits per heavy atom. The van der Waals surface area contributed by atoms with Crippen LogP contribution in [0.3, 0.4) is 0 Å². The first-order valence-corrected chi connectivity index (χ1v) is 36.8. The van der Waals surface area contributed by atoms with Crippen molar-refractivity contribution >= 4 is 17.9 Å². The largest absolute Gasteiger partial charge is 0.462 e. The van der Waals surface area contributed by atoms with Gasteiger partial charge in [0.05, 0.1) is 0 Å². The summed E-state index contributed by atoms with van der Waals surface area (Å²) in [6.45, 7) is 6.58. The van der Waals surface area contributed by atoms with Crippen LogP contribution in [0.5, 0.6) is 0 Å². The number of hydrogen-bond donors (Lipinski definition) is 0. The summed E-state index contributed by atoms with van der Waals surface area (Å²) in [5.74, 6) is -0.871. The molecule has 1 unspecified atom stereocenters. The normalized spacial score (nSPS) is 12.4. The fourth-order valence-electron chi connectivity index (χ4n) is 11.1. The fraction of sp³-hybridized carbons (Fsp3) is 0.831. The van der Waals surface area contributed by atoms with Gasteiger partial charge in [-0.05, 0) is 64.2 Å². The van der Waals surface area contributed by atoms with Crippen molar-refractivity contribution in [3.8, 4) is 0 Å². The molecule has 0 fully saturated rings. The van der Waals surface area contributed by atoms with Crippen LogP contribution in [0.4, 0.5) is 0 Å². The zero-order valence-corrected chi connectivity index (χ0v) is 55.7. The van der Waals surface area contributed by atoms with Gasteiger partial charge in [0, 0.05) is 19.3 Å². The summed E-state index contributed by atoms with van der Waals surface area (Å²) >= 11 is 0. The SMILES string of the molecule is CC/C=C\C/C=C\C/C=C\C/C=C\C/C=C\CCCCCCCC(=O)OC(COC(=O)CCCCCCCCCCCCCCC)COC(=O)CCCCCCCCCCCCCCCCCCCCCCCCCCCCCCCCC. The number of rotatable bonds is 68. The standard InChI is InChI=1S/C77H140O6/c1-4-7-10-13-16-19-22-25-27-29-31-33-34-35-36-37-38-39-40-41-42-44-45-47-49-52-55-58-61-64-67-70-76(79)82-73-74(72-81-75(78)69-66-63-60-57-54-51-24-21-18-15-12-9-6-3)83-77(80)71-68-65-62-59-56-53-50-48-46-43-32-30-28-26-23-20-17-14-11-8-5-2/h8,11,17,20,26,28,32,43,48,50,74H,4-7,9-10,12-16,18-19,21-25,27,29-31,33-42,44-47,49,51-73H2,1-3H3/b11-8-,20-17-,28-26-,43-32-,50-48-. The molecule has 0 aliphatic rings. The summed E-state index contributed by atoms with van der Waals surface area (Å²) < 4.78 is 17.0. The summed E-state index contributed by atoms with van der Waals surface area (Å²) in [6.07, 6.45) is 92.7. The maximum Gasteiger partial charge on any atom is 0.306 e. The molecule has 0 saturated carbocycles. The van der Waals surface area contributed by atoms with E-state index in [2.05, 4.69) is 81.5 Å². The average Bonchev–Trinajstić information content (AvgIpc) is 3.49. The van der Waals surface area contributed by atoms with Crippen molar-refractivity contribution in [2.24, 2.45) is 0 Å². The van der Waals surface area contributed by atoms with Crippen LogP contribution in [0.1, 0.15) is 393 Å². The first-order chi connectivity index (χ1) is 41.0. The maximum atomic E-state index is 12.9. The minimum absolute atomic E-state index is 0.0774. The number of allylic oxidation sites excluding steroid dienone is 10. The second kappa shape index (κ2) is 71.6. The molecule has 6 nitrogen and oxygen atoms in total. The van der Waals surface area contributed by atoms with Crippen LogP contribution in [0.15, 0.2) is 60.8 Å². The van der Waals surface area contributed by atoms with Gasteiger partial charge >= 0.3 is 17.9 Å². The van der Waals surface area contributed by atoms with Gasteiger partial charge in [0.1, 0.15) is 13.2 Å². The molecule has 1 atom stereocenters. The molecule has 0 aromatic heterocycles. The third kappa shape index (κ3) is 69.8. The van der Waals surface area contributed by atoms with Crippen LogP contribution in [0.2, 0.25) is 0 Å². The quantitative estimate of drug-likeness (QED) is 0.0261. The highest BCUT2D eigenvalue weighted by Gasteiger charge is 2.19. The van der Waals surface area contributed by atoms with Crippen molar-refractivity contribution in [1.82, 2.24) is 0 Å². The van der Waals surface area contributed by atoms with Gasteiger partial charge in [-0.3, -0.25) is 14.4 Å². The van der Waals surface area contributed by atoms with Gasteiger partial charge in [-0.1, -0.05) is 370 Å². The molecule has 6 heteroatoms. The first kappa shape index (κ1) is 80.1. The Balaban J connectivity index is 4.19. The van der Waals surface area contributed by atoms with Gasteiger partial charge in [-0.2, -0.15) is 0 Å². The molecule has 0 spiro atoms. The summed E-state index contributed by atoms with van der Waals surface area (Å²) in [6, 6.07) is 0. The summed E-state index contributed by atoms with van der Waals surface area (Å²) in [5, 5.41) is 0. The number of carbonyl (C=O) groups excluding carboxylic acids is 3. The zero-order chi connectivity index (χ0) is 59.9. The van der Waals surface area contributed by atoms with E-state index in [4.69, 9.17) is 14.2 Å². The molecule has 0 bridgehead atoms. The van der Waals surface area contributed by atoms with Crippen LogP contribution in [-0.2, 0) is 28.6 Å². The second-order valence-corrected chi connectivity index (χ2v) is 24.8. The van der Waals surface area contributed by atoms with Crippen molar-refractivity contribution in [2.45, 2.75) is 399 Å². The molecule has 0 amide bonds. The van der Waals surface area contributed by atoms with E-state index in [1.54, 1.807) is 0 Å². The number of unbranched alkanes of at least 4 members (excludes halogenated alkanes) is 47. The molecule has 0 radical (unpaired) electrons. The molecule has 484 valence electrons. The molecular weight excluding hydrogens is 1020 g/mol. The minimum Gasteiger partial charge on any atom is -0.462 e. The lowest BCUT2D eigenvalue weighted by Gasteiger charge is -2.18. The van der Waals surface area contributed by atoms with Crippen molar-refractivity contribution in [1.29, 1.82) is 0 Å². The fourth-order valence-corrected chi connectivity index (χ4v) is 11.1. The number of ether oxygens (including phenoxy) is 3. The van der Waals surface area contributed by atoms with E-state index >= 15 is 0 Å². The van der Waals surface area contributed by atoms with E-state index < -0.39 is 6.10 Å². The Labute approximate surface area is 517 Å². The molecule has 83 heavy (non-hydrogen) atoms. The minimum atomic E-state index is -0.783. The molecule has 0 aliphatic carbocycles. The van der Waals surface area contributed by atoms with E-state index in [9.17, 15) is 14.4 Å².